The molecule has 4 nitrogen and oxygen atoms in total. The van der Waals surface area contributed by atoms with Gasteiger partial charge in [-0.1, -0.05) is 38.1 Å². The van der Waals surface area contributed by atoms with Crippen molar-refractivity contribution in [1.82, 2.24) is 4.98 Å². The van der Waals surface area contributed by atoms with E-state index >= 15 is 0 Å². The first kappa shape index (κ1) is 18.3. The van der Waals surface area contributed by atoms with Gasteiger partial charge in [-0.15, -0.1) is 11.8 Å². The molecule has 0 aliphatic carbocycles. The van der Waals surface area contributed by atoms with Gasteiger partial charge in [0.1, 0.15) is 0 Å². The summed E-state index contributed by atoms with van der Waals surface area (Å²) in [5, 5.41) is 3.93. The molecule has 0 atom stereocenters. The Bertz CT molecular complexity index is 965. The van der Waals surface area contributed by atoms with Crippen molar-refractivity contribution in [3.63, 3.8) is 0 Å². The molecule has 0 unspecified atom stereocenters. The van der Waals surface area contributed by atoms with Crippen molar-refractivity contribution < 1.29 is 4.79 Å². The molecule has 0 saturated carbocycles. The number of hydrogen-bond acceptors (Lipinski definition) is 3. The number of fused-ring (bicyclic) bond motifs is 1. The smallest absolute Gasteiger partial charge is 0.248 e. The lowest BCUT2D eigenvalue weighted by Crippen LogP contribution is -2.13. The summed E-state index contributed by atoms with van der Waals surface area (Å²) in [7, 11) is 0. The van der Waals surface area contributed by atoms with Crippen LogP contribution in [0.2, 0.25) is 0 Å². The lowest BCUT2D eigenvalue weighted by Gasteiger charge is -2.11. The van der Waals surface area contributed by atoms with Gasteiger partial charge in [-0.2, -0.15) is 0 Å². The highest BCUT2D eigenvalue weighted by molar-refractivity contribution is 7.99. The summed E-state index contributed by atoms with van der Waals surface area (Å²) in [5.41, 5.74) is 2.34. The first-order valence-corrected chi connectivity index (χ1v) is 9.66. The zero-order chi connectivity index (χ0) is 18.5. The van der Waals surface area contributed by atoms with Gasteiger partial charge < -0.3 is 10.3 Å². The standard InChI is InChI=1S/C21H22N2O2S/c1-14(2)18-13-21(25)23-19-12-15(8-9-17(18)19)22-20(24)10-11-26-16-6-4-3-5-7-16/h3-9,12-14H,10-11H2,1-2H3,(H,22,24)(H,23,25). The third-order valence-electron chi connectivity index (χ3n) is 4.12. The topological polar surface area (TPSA) is 62.0 Å². The van der Waals surface area contributed by atoms with Gasteiger partial charge in [0.15, 0.2) is 0 Å². The fourth-order valence-corrected chi connectivity index (χ4v) is 3.72. The van der Waals surface area contributed by atoms with Crippen molar-refractivity contribution in [1.29, 1.82) is 0 Å². The van der Waals surface area contributed by atoms with E-state index in [9.17, 15) is 9.59 Å². The minimum atomic E-state index is -0.121. The van der Waals surface area contributed by atoms with Crippen LogP contribution in [0.15, 0.2) is 64.3 Å². The number of anilines is 1. The van der Waals surface area contributed by atoms with Crippen LogP contribution < -0.4 is 10.9 Å². The van der Waals surface area contributed by atoms with Crippen molar-refractivity contribution in [3.8, 4) is 0 Å². The Labute approximate surface area is 157 Å². The van der Waals surface area contributed by atoms with E-state index in [1.165, 1.54) is 0 Å². The van der Waals surface area contributed by atoms with E-state index < -0.39 is 0 Å². The van der Waals surface area contributed by atoms with Crippen molar-refractivity contribution >= 4 is 34.3 Å². The minimum absolute atomic E-state index is 0.0323. The Morgan fingerprint density at radius 2 is 1.88 bits per heavy atom. The maximum absolute atomic E-state index is 12.2. The second-order valence-electron chi connectivity index (χ2n) is 6.46. The molecule has 3 rings (SSSR count). The summed E-state index contributed by atoms with van der Waals surface area (Å²) >= 11 is 1.66. The first-order chi connectivity index (χ1) is 12.5. The molecule has 0 spiro atoms. The van der Waals surface area contributed by atoms with Gasteiger partial charge in [-0.25, -0.2) is 0 Å². The molecule has 26 heavy (non-hydrogen) atoms. The highest BCUT2D eigenvalue weighted by Crippen LogP contribution is 2.25. The van der Waals surface area contributed by atoms with E-state index in [2.05, 4.69) is 24.1 Å². The molecule has 0 radical (unpaired) electrons. The van der Waals surface area contributed by atoms with Crippen LogP contribution in [0, 0.1) is 0 Å². The molecule has 2 N–H and O–H groups in total. The van der Waals surface area contributed by atoms with Crippen LogP contribution in [-0.4, -0.2) is 16.6 Å². The molecule has 0 saturated heterocycles. The van der Waals surface area contributed by atoms with Gasteiger partial charge >= 0.3 is 0 Å². The van der Waals surface area contributed by atoms with Crippen LogP contribution in [-0.2, 0) is 4.79 Å². The van der Waals surface area contributed by atoms with E-state index in [-0.39, 0.29) is 17.4 Å². The Morgan fingerprint density at radius 1 is 1.12 bits per heavy atom. The lowest BCUT2D eigenvalue weighted by molar-refractivity contribution is -0.115. The van der Waals surface area contributed by atoms with Crippen LogP contribution in [0.5, 0.6) is 0 Å². The summed E-state index contributed by atoms with van der Waals surface area (Å²) in [5.74, 6) is 0.947. The normalized spacial score (nSPS) is 11.0. The number of aromatic nitrogens is 1. The number of thioether (sulfide) groups is 1. The average molecular weight is 366 g/mol. The van der Waals surface area contributed by atoms with Gasteiger partial charge in [0, 0.05) is 34.2 Å². The SMILES string of the molecule is CC(C)c1cc(=O)[nH]c2cc(NC(=O)CCSc3ccccc3)ccc12. The van der Waals surface area contributed by atoms with Crippen LogP contribution in [0.1, 0.15) is 31.7 Å². The van der Waals surface area contributed by atoms with Crippen molar-refractivity contribution in [2.24, 2.45) is 0 Å². The van der Waals surface area contributed by atoms with Crippen molar-refractivity contribution in [2.45, 2.75) is 31.1 Å². The number of rotatable bonds is 6. The number of amides is 1. The van der Waals surface area contributed by atoms with Crippen molar-refractivity contribution in [2.75, 3.05) is 11.1 Å². The van der Waals surface area contributed by atoms with Crippen LogP contribution >= 0.6 is 11.8 Å². The maximum atomic E-state index is 12.2. The summed E-state index contributed by atoms with van der Waals surface area (Å²) in [6.45, 7) is 4.13. The van der Waals surface area contributed by atoms with Crippen LogP contribution in [0.4, 0.5) is 5.69 Å². The Hall–Kier alpha value is -2.53. The maximum Gasteiger partial charge on any atom is 0.248 e. The third kappa shape index (κ3) is 4.55. The second kappa shape index (κ2) is 8.23. The molecule has 5 heteroatoms. The highest BCUT2D eigenvalue weighted by Gasteiger charge is 2.09. The van der Waals surface area contributed by atoms with Gasteiger partial charge in [-0.3, -0.25) is 9.59 Å². The number of carbonyl (C=O) groups is 1. The summed E-state index contributed by atoms with van der Waals surface area (Å²) in [6, 6.07) is 17.3. The van der Waals surface area contributed by atoms with Gasteiger partial charge in [0.2, 0.25) is 11.5 Å². The molecule has 0 bridgehead atoms. The van der Waals surface area contributed by atoms with Gasteiger partial charge in [0.25, 0.3) is 0 Å². The monoisotopic (exact) mass is 366 g/mol. The molecular formula is C21H22N2O2S. The Kier molecular flexibility index (Phi) is 5.78. The van der Waals surface area contributed by atoms with E-state index in [1.54, 1.807) is 17.8 Å². The second-order valence-corrected chi connectivity index (χ2v) is 7.63. The number of aromatic amines is 1. The minimum Gasteiger partial charge on any atom is -0.326 e. The molecule has 1 amide bonds. The quantitative estimate of drug-likeness (QED) is 0.618. The zero-order valence-electron chi connectivity index (χ0n) is 14.9. The molecule has 0 aliphatic rings. The summed E-state index contributed by atoms with van der Waals surface area (Å²) in [4.78, 5) is 28.1. The number of H-pyrrole nitrogens is 1. The predicted octanol–water partition coefficient (Wildman–Crippen LogP) is 4.77. The average Bonchev–Trinajstić information content (AvgIpc) is 2.61. The number of pyridine rings is 1. The number of carbonyl (C=O) groups excluding carboxylic acids is 1. The molecule has 0 fully saturated rings. The Morgan fingerprint density at radius 3 is 2.62 bits per heavy atom. The lowest BCUT2D eigenvalue weighted by atomic mass is 9.99. The van der Waals surface area contributed by atoms with E-state index in [1.807, 2.05) is 48.5 Å². The molecule has 1 aromatic heterocycles. The third-order valence-corrected chi connectivity index (χ3v) is 5.14. The molecule has 2 aromatic carbocycles. The highest BCUT2D eigenvalue weighted by atomic mass is 32.2. The molecule has 0 aliphatic heterocycles. The Balaban J connectivity index is 1.67. The zero-order valence-corrected chi connectivity index (χ0v) is 15.7. The van der Waals surface area contributed by atoms with Gasteiger partial charge in [0.05, 0.1) is 5.52 Å². The van der Waals surface area contributed by atoms with Gasteiger partial charge in [-0.05, 0) is 35.7 Å². The summed E-state index contributed by atoms with van der Waals surface area (Å²) < 4.78 is 0. The van der Waals surface area contributed by atoms with E-state index in [0.717, 1.165) is 27.1 Å². The van der Waals surface area contributed by atoms with E-state index in [0.29, 0.717) is 12.1 Å². The van der Waals surface area contributed by atoms with Crippen molar-refractivity contribution in [3.05, 3.63) is 70.5 Å². The van der Waals surface area contributed by atoms with Crippen LogP contribution in [0.3, 0.4) is 0 Å². The molecule has 1 heterocycles. The number of benzene rings is 2. The largest absolute Gasteiger partial charge is 0.326 e. The molecule has 134 valence electrons. The molecular weight excluding hydrogens is 344 g/mol. The number of hydrogen-bond donors (Lipinski definition) is 2. The first-order valence-electron chi connectivity index (χ1n) is 8.67. The fraction of sp³-hybridized carbons (Fsp3) is 0.238. The van der Waals surface area contributed by atoms with Crippen LogP contribution in [0.25, 0.3) is 10.9 Å². The molecule has 3 aromatic rings. The fourth-order valence-electron chi connectivity index (χ4n) is 2.84. The number of nitrogens with one attached hydrogen (secondary N) is 2. The predicted molar refractivity (Wildman–Crippen MR) is 109 cm³/mol. The summed E-state index contributed by atoms with van der Waals surface area (Å²) in [6.07, 6.45) is 0.431. The van der Waals surface area contributed by atoms with E-state index in [4.69, 9.17) is 0 Å².